The standard InChI is InChI=1S/C7H14N4/c1-5(4-8)11-7(3)9-6(2)10-11/h5H,4,8H2,1-3H3/t5-/m0/s1. The van der Waals surface area contributed by atoms with Crippen LogP contribution in [0.4, 0.5) is 0 Å². The molecule has 0 spiro atoms. The topological polar surface area (TPSA) is 56.7 Å². The third-order valence-corrected chi connectivity index (χ3v) is 1.67. The fraction of sp³-hybridized carbons (Fsp3) is 0.714. The number of aryl methyl sites for hydroxylation is 2. The van der Waals surface area contributed by atoms with Crippen LogP contribution in [0, 0.1) is 13.8 Å². The van der Waals surface area contributed by atoms with Gasteiger partial charge in [-0.3, -0.25) is 0 Å². The molecule has 1 aromatic rings. The molecule has 0 unspecified atom stereocenters. The summed E-state index contributed by atoms with van der Waals surface area (Å²) in [7, 11) is 0. The van der Waals surface area contributed by atoms with E-state index in [1.807, 2.05) is 25.5 Å². The summed E-state index contributed by atoms with van der Waals surface area (Å²) < 4.78 is 1.86. The predicted molar refractivity (Wildman–Crippen MR) is 43.3 cm³/mol. The third kappa shape index (κ3) is 1.57. The van der Waals surface area contributed by atoms with Gasteiger partial charge in [-0.15, -0.1) is 0 Å². The highest BCUT2D eigenvalue weighted by molar-refractivity contribution is 4.89. The molecule has 0 aliphatic carbocycles. The van der Waals surface area contributed by atoms with Crippen molar-refractivity contribution < 1.29 is 0 Å². The first-order valence-electron chi connectivity index (χ1n) is 3.75. The molecular formula is C7H14N4. The summed E-state index contributed by atoms with van der Waals surface area (Å²) in [5, 5.41) is 4.21. The first-order chi connectivity index (χ1) is 5.15. The lowest BCUT2D eigenvalue weighted by Crippen LogP contribution is -2.18. The Labute approximate surface area is 66.4 Å². The van der Waals surface area contributed by atoms with Crippen LogP contribution in [0.1, 0.15) is 24.6 Å². The normalized spacial score (nSPS) is 13.5. The van der Waals surface area contributed by atoms with Crippen molar-refractivity contribution in [2.45, 2.75) is 26.8 Å². The molecule has 0 fully saturated rings. The summed E-state index contributed by atoms with van der Waals surface area (Å²) in [5.41, 5.74) is 5.49. The Morgan fingerprint density at radius 1 is 1.55 bits per heavy atom. The fourth-order valence-electron chi connectivity index (χ4n) is 1.05. The number of nitrogens with two attached hydrogens (primary N) is 1. The minimum Gasteiger partial charge on any atom is -0.328 e. The van der Waals surface area contributed by atoms with E-state index in [1.54, 1.807) is 0 Å². The van der Waals surface area contributed by atoms with Crippen LogP contribution in [0.3, 0.4) is 0 Å². The smallest absolute Gasteiger partial charge is 0.147 e. The van der Waals surface area contributed by atoms with Crippen LogP contribution >= 0.6 is 0 Å². The zero-order chi connectivity index (χ0) is 8.43. The van der Waals surface area contributed by atoms with E-state index in [0.717, 1.165) is 11.6 Å². The maximum absolute atomic E-state index is 5.49. The van der Waals surface area contributed by atoms with Gasteiger partial charge in [0.2, 0.25) is 0 Å². The maximum Gasteiger partial charge on any atom is 0.147 e. The molecule has 1 atom stereocenters. The van der Waals surface area contributed by atoms with Crippen LogP contribution < -0.4 is 5.73 Å². The Balaban J connectivity index is 2.93. The average molecular weight is 154 g/mol. The average Bonchev–Trinajstić information content (AvgIpc) is 2.28. The van der Waals surface area contributed by atoms with Gasteiger partial charge in [0.1, 0.15) is 11.6 Å². The summed E-state index contributed by atoms with van der Waals surface area (Å²) in [4.78, 5) is 4.18. The van der Waals surface area contributed by atoms with Crippen molar-refractivity contribution in [2.24, 2.45) is 5.73 Å². The molecule has 0 radical (unpaired) electrons. The van der Waals surface area contributed by atoms with Crippen LogP contribution in [0.5, 0.6) is 0 Å². The van der Waals surface area contributed by atoms with Crippen LogP contribution in [0.2, 0.25) is 0 Å². The van der Waals surface area contributed by atoms with Crippen molar-refractivity contribution >= 4 is 0 Å². The van der Waals surface area contributed by atoms with Crippen LogP contribution in [0.25, 0.3) is 0 Å². The van der Waals surface area contributed by atoms with E-state index < -0.39 is 0 Å². The largest absolute Gasteiger partial charge is 0.328 e. The molecule has 0 saturated carbocycles. The number of hydrogen-bond acceptors (Lipinski definition) is 3. The van der Waals surface area contributed by atoms with Gasteiger partial charge in [0.05, 0.1) is 6.04 Å². The second-order valence-electron chi connectivity index (χ2n) is 2.74. The Hall–Kier alpha value is -0.900. The second kappa shape index (κ2) is 3.00. The molecule has 0 amide bonds. The van der Waals surface area contributed by atoms with E-state index >= 15 is 0 Å². The molecule has 4 heteroatoms. The first kappa shape index (κ1) is 8.20. The fourth-order valence-corrected chi connectivity index (χ4v) is 1.05. The third-order valence-electron chi connectivity index (χ3n) is 1.67. The molecule has 0 aliphatic heterocycles. The molecule has 0 bridgehead atoms. The van der Waals surface area contributed by atoms with Crippen molar-refractivity contribution in [3.05, 3.63) is 11.6 Å². The molecule has 4 nitrogen and oxygen atoms in total. The molecule has 2 N–H and O–H groups in total. The van der Waals surface area contributed by atoms with E-state index in [2.05, 4.69) is 10.1 Å². The lowest BCUT2D eigenvalue weighted by atomic mass is 10.3. The number of nitrogens with zero attached hydrogens (tertiary/aromatic N) is 3. The van der Waals surface area contributed by atoms with Crippen LogP contribution in [-0.2, 0) is 0 Å². The molecule has 62 valence electrons. The van der Waals surface area contributed by atoms with Crippen LogP contribution in [-0.4, -0.2) is 21.3 Å². The molecule has 1 aromatic heterocycles. The Kier molecular flexibility index (Phi) is 2.24. The Morgan fingerprint density at radius 3 is 2.55 bits per heavy atom. The van der Waals surface area contributed by atoms with Crippen molar-refractivity contribution in [1.82, 2.24) is 14.8 Å². The quantitative estimate of drug-likeness (QED) is 0.671. The van der Waals surface area contributed by atoms with E-state index in [0.29, 0.717) is 6.54 Å². The highest BCUT2D eigenvalue weighted by atomic mass is 15.4. The molecule has 0 saturated heterocycles. The van der Waals surface area contributed by atoms with E-state index in [-0.39, 0.29) is 6.04 Å². The van der Waals surface area contributed by atoms with Gasteiger partial charge in [0, 0.05) is 6.54 Å². The SMILES string of the molecule is Cc1nc(C)n([C@@H](C)CN)n1. The van der Waals surface area contributed by atoms with Gasteiger partial charge in [-0.05, 0) is 20.8 Å². The minimum atomic E-state index is 0.246. The zero-order valence-electron chi connectivity index (χ0n) is 7.20. The Bertz CT molecular complexity index is 241. The van der Waals surface area contributed by atoms with Gasteiger partial charge in [0.15, 0.2) is 0 Å². The van der Waals surface area contributed by atoms with Crippen molar-refractivity contribution in [2.75, 3.05) is 6.54 Å². The van der Waals surface area contributed by atoms with E-state index in [4.69, 9.17) is 5.73 Å². The van der Waals surface area contributed by atoms with Gasteiger partial charge in [-0.1, -0.05) is 0 Å². The molecule has 1 rings (SSSR count). The lowest BCUT2D eigenvalue weighted by Gasteiger charge is -2.09. The van der Waals surface area contributed by atoms with Crippen molar-refractivity contribution in [1.29, 1.82) is 0 Å². The van der Waals surface area contributed by atoms with Gasteiger partial charge in [0.25, 0.3) is 0 Å². The number of rotatable bonds is 2. The highest BCUT2D eigenvalue weighted by Gasteiger charge is 2.07. The summed E-state index contributed by atoms with van der Waals surface area (Å²) in [6, 6.07) is 0.246. The molecule has 11 heavy (non-hydrogen) atoms. The number of aromatic nitrogens is 3. The van der Waals surface area contributed by atoms with E-state index in [9.17, 15) is 0 Å². The Morgan fingerprint density at radius 2 is 2.18 bits per heavy atom. The number of hydrogen-bond donors (Lipinski definition) is 1. The molecule has 1 heterocycles. The lowest BCUT2D eigenvalue weighted by molar-refractivity contribution is 0.485. The second-order valence-corrected chi connectivity index (χ2v) is 2.74. The predicted octanol–water partition coefficient (Wildman–Crippen LogP) is 0.415. The van der Waals surface area contributed by atoms with E-state index in [1.165, 1.54) is 0 Å². The first-order valence-corrected chi connectivity index (χ1v) is 3.75. The zero-order valence-corrected chi connectivity index (χ0v) is 7.20. The van der Waals surface area contributed by atoms with Gasteiger partial charge < -0.3 is 5.73 Å². The highest BCUT2D eigenvalue weighted by Crippen LogP contribution is 2.04. The van der Waals surface area contributed by atoms with Gasteiger partial charge in [-0.2, -0.15) is 5.10 Å². The van der Waals surface area contributed by atoms with Gasteiger partial charge >= 0.3 is 0 Å². The molecular weight excluding hydrogens is 140 g/mol. The summed E-state index contributed by atoms with van der Waals surface area (Å²) >= 11 is 0. The van der Waals surface area contributed by atoms with Gasteiger partial charge in [-0.25, -0.2) is 9.67 Å². The summed E-state index contributed by atoms with van der Waals surface area (Å²) in [6.45, 7) is 6.45. The monoisotopic (exact) mass is 154 g/mol. The molecule has 0 aliphatic rings. The van der Waals surface area contributed by atoms with Crippen LogP contribution in [0.15, 0.2) is 0 Å². The maximum atomic E-state index is 5.49. The van der Waals surface area contributed by atoms with Crippen molar-refractivity contribution in [3.8, 4) is 0 Å². The van der Waals surface area contributed by atoms with Crippen molar-refractivity contribution in [3.63, 3.8) is 0 Å². The summed E-state index contributed by atoms with van der Waals surface area (Å²) in [6.07, 6.45) is 0. The molecule has 0 aromatic carbocycles. The minimum absolute atomic E-state index is 0.246. The summed E-state index contributed by atoms with van der Waals surface area (Å²) in [5.74, 6) is 1.74.